The molecule has 0 amide bonds. The highest BCUT2D eigenvalue weighted by Gasteiger charge is 2.22. The Kier molecular flexibility index (Phi) is 8.78. The van der Waals surface area contributed by atoms with Gasteiger partial charge in [0.25, 0.3) is 5.69 Å². The molecule has 0 atom stereocenters. The summed E-state index contributed by atoms with van der Waals surface area (Å²) in [6.45, 7) is 16.9. The van der Waals surface area contributed by atoms with E-state index in [0.717, 1.165) is 78.4 Å². The predicted octanol–water partition coefficient (Wildman–Crippen LogP) is 7.07. The Morgan fingerprint density at radius 3 is 2.29 bits per heavy atom. The molecule has 45 heavy (non-hydrogen) atoms. The van der Waals surface area contributed by atoms with Crippen LogP contribution in [-0.4, -0.2) is 52.7 Å². The molecule has 2 aliphatic rings. The van der Waals surface area contributed by atoms with Crippen LogP contribution in [0.3, 0.4) is 0 Å². The fraction of sp³-hybridized carbons (Fsp3) is 0.343. The van der Waals surface area contributed by atoms with E-state index < -0.39 is 0 Å². The largest absolute Gasteiger partial charge is 0.454 e. The average molecular weight is 626 g/mol. The molecule has 3 heterocycles. The van der Waals surface area contributed by atoms with Gasteiger partial charge >= 0.3 is 0 Å². The molecule has 2 aliphatic heterocycles. The predicted molar refractivity (Wildman–Crippen MR) is 179 cm³/mol. The third kappa shape index (κ3) is 7.29. The van der Waals surface area contributed by atoms with E-state index in [1.54, 1.807) is 23.5 Å². The molecule has 0 radical (unpaired) electrons. The van der Waals surface area contributed by atoms with Gasteiger partial charge in [-0.05, 0) is 46.4 Å². The van der Waals surface area contributed by atoms with Gasteiger partial charge in [-0.3, -0.25) is 15.0 Å². The third-order valence-corrected chi connectivity index (χ3v) is 9.20. The molecular weight excluding hydrogens is 586 g/mol. The maximum Gasteiger partial charge on any atom is 0.269 e. The van der Waals surface area contributed by atoms with Gasteiger partial charge in [0, 0.05) is 62.5 Å². The molecule has 0 aliphatic carbocycles. The van der Waals surface area contributed by atoms with Crippen LogP contribution in [-0.2, 0) is 25.0 Å². The van der Waals surface area contributed by atoms with Crippen LogP contribution in [0, 0.1) is 10.1 Å². The van der Waals surface area contributed by atoms with Crippen molar-refractivity contribution in [1.82, 2.24) is 14.8 Å². The molecule has 0 saturated carbocycles. The number of fused-ring (bicyclic) bond motifs is 1. The number of anilines is 1. The summed E-state index contributed by atoms with van der Waals surface area (Å²) in [4.78, 5) is 22.6. The summed E-state index contributed by atoms with van der Waals surface area (Å²) in [6, 6.07) is 21.9. The highest BCUT2D eigenvalue weighted by molar-refractivity contribution is 7.09. The van der Waals surface area contributed by atoms with Gasteiger partial charge in [-0.15, -0.1) is 11.3 Å². The zero-order chi connectivity index (χ0) is 31.6. The van der Waals surface area contributed by atoms with Crippen molar-refractivity contribution in [3.8, 4) is 11.5 Å². The molecule has 4 aromatic rings. The van der Waals surface area contributed by atoms with Crippen LogP contribution < -0.4 is 14.4 Å². The lowest BCUT2D eigenvalue weighted by Gasteiger charge is -2.37. The number of thiazole rings is 1. The Morgan fingerprint density at radius 1 is 0.933 bits per heavy atom. The van der Waals surface area contributed by atoms with Crippen molar-refractivity contribution in [3.05, 3.63) is 116 Å². The first kappa shape index (κ1) is 30.6. The molecule has 3 aromatic carbocycles. The SMILES string of the molecule is C=C(c1csc(CN(Cc2ccc(C(C)(C)C)cc2)Cc2ccc3c(c2)OCO3)n1)N1CCN(c2ccc([N+](=O)[O-])cc2)CC1. The number of ether oxygens (including phenoxy) is 2. The molecule has 6 rings (SSSR count). The van der Waals surface area contributed by atoms with Crippen molar-refractivity contribution in [1.29, 1.82) is 0 Å². The van der Waals surface area contributed by atoms with E-state index in [1.165, 1.54) is 11.1 Å². The van der Waals surface area contributed by atoms with Crippen molar-refractivity contribution in [2.45, 2.75) is 45.8 Å². The molecule has 0 N–H and O–H groups in total. The molecule has 0 unspecified atom stereocenters. The number of hydrogen-bond donors (Lipinski definition) is 0. The number of rotatable bonds is 10. The monoisotopic (exact) mass is 625 g/mol. The minimum atomic E-state index is -0.366. The summed E-state index contributed by atoms with van der Waals surface area (Å²) < 4.78 is 11.2. The Morgan fingerprint density at radius 2 is 1.60 bits per heavy atom. The normalized spacial score (nSPS) is 14.7. The van der Waals surface area contributed by atoms with E-state index in [4.69, 9.17) is 14.5 Å². The molecular formula is C35H39N5O4S. The second kappa shape index (κ2) is 12.9. The first-order chi connectivity index (χ1) is 21.6. The van der Waals surface area contributed by atoms with Gasteiger partial charge in [0.1, 0.15) is 5.01 Å². The lowest BCUT2D eigenvalue weighted by molar-refractivity contribution is -0.384. The Hall–Kier alpha value is -4.41. The van der Waals surface area contributed by atoms with Crippen LogP contribution >= 0.6 is 11.3 Å². The number of non-ortho nitro benzene ring substituents is 1. The van der Waals surface area contributed by atoms with Crippen molar-refractivity contribution in [3.63, 3.8) is 0 Å². The quantitative estimate of drug-likeness (QED) is 0.137. The molecule has 234 valence electrons. The topological polar surface area (TPSA) is 84.2 Å². The smallest absolute Gasteiger partial charge is 0.269 e. The number of hydrogen-bond acceptors (Lipinski definition) is 9. The van der Waals surface area contributed by atoms with Crippen LogP contribution in [0.25, 0.3) is 5.70 Å². The fourth-order valence-corrected chi connectivity index (χ4v) is 6.57. The molecule has 1 aromatic heterocycles. The summed E-state index contributed by atoms with van der Waals surface area (Å²) in [5, 5.41) is 14.2. The van der Waals surface area contributed by atoms with Crippen LogP contribution in [0.5, 0.6) is 11.5 Å². The summed E-state index contributed by atoms with van der Waals surface area (Å²) >= 11 is 1.67. The molecule has 10 heteroatoms. The standard InChI is InChI=1S/C35H39N5O4S/c1-25(38-15-17-39(18-16-38)29-10-12-30(13-11-29)40(41)42)31-23-45-34(36-31)22-37(20-26-5-8-28(9-6-26)35(2,3)4)21-27-7-14-32-33(19-27)44-24-43-32/h5-14,19,23H,1,15-18,20-22,24H2,2-4H3. The van der Waals surface area contributed by atoms with Gasteiger partial charge in [0.2, 0.25) is 6.79 Å². The van der Waals surface area contributed by atoms with Crippen LogP contribution in [0.4, 0.5) is 11.4 Å². The second-order valence-electron chi connectivity index (χ2n) is 12.6. The van der Waals surface area contributed by atoms with Crippen molar-refractivity contribution < 1.29 is 14.4 Å². The summed E-state index contributed by atoms with van der Waals surface area (Å²) in [5.74, 6) is 1.59. The van der Waals surface area contributed by atoms with E-state index in [1.807, 2.05) is 18.2 Å². The lowest BCUT2D eigenvalue weighted by Crippen LogP contribution is -2.45. The zero-order valence-corrected chi connectivity index (χ0v) is 26.9. The van der Waals surface area contributed by atoms with E-state index in [-0.39, 0.29) is 22.8 Å². The van der Waals surface area contributed by atoms with Crippen LogP contribution in [0.1, 0.15) is 48.2 Å². The average Bonchev–Trinajstić information content (AvgIpc) is 3.70. The van der Waals surface area contributed by atoms with E-state index >= 15 is 0 Å². The van der Waals surface area contributed by atoms with Gasteiger partial charge in [-0.25, -0.2) is 4.98 Å². The minimum Gasteiger partial charge on any atom is -0.454 e. The van der Waals surface area contributed by atoms with Crippen LogP contribution in [0.2, 0.25) is 0 Å². The summed E-state index contributed by atoms with van der Waals surface area (Å²) in [5.41, 5.74) is 6.81. The third-order valence-electron chi connectivity index (χ3n) is 8.36. The molecule has 0 spiro atoms. The Bertz CT molecular complexity index is 1650. The first-order valence-corrected chi connectivity index (χ1v) is 16.1. The van der Waals surface area contributed by atoms with E-state index in [0.29, 0.717) is 6.54 Å². The number of nitro benzene ring substituents is 1. The zero-order valence-electron chi connectivity index (χ0n) is 26.1. The van der Waals surface area contributed by atoms with Crippen molar-refractivity contribution in [2.24, 2.45) is 0 Å². The number of benzene rings is 3. The fourth-order valence-electron chi connectivity index (χ4n) is 5.72. The first-order valence-electron chi connectivity index (χ1n) is 15.2. The van der Waals surface area contributed by atoms with Gasteiger partial charge < -0.3 is 19.3 Å². The van der Waals surface area contributed by atoms with Gasteiger partial charge in [-0.1, -0.05) is 57.7 Å². The molecule has 1 fully saturated rings. The number of nitrogens with zero attached hydrogens (tertiary/aromatic N) is 5. The minimum absolute atomic E-state index is 0.109. The molecule has 1 saturated heterocycles. The van der Waals surface area contributed by atoms with Crippen molar-refractivity contribution in [2.75, 3.05) is 37.9 Å². The van der Waals surface area contributed by atoms with Crippen molar-refractivity contribution >= 4 is 28.4 Å². The van der Waals surface area contributed by atoms with Gasteiger partial charge in [-0.2, -0.15) is 0 Å². The molecule has 9 nitrogen and oxygen atoms in total. The lowest BCUT2D eigenvalue weighted by atomic mass is 9.87. The molecule has 0 bridgehead atoms. The van der Waals surface area contributed by atoms with E-state index in [2.05, 4.69) is 83.8 Å². The highest BCUT2D eigenvalue weighted by atomic mass is 32.1. The number of aromatic nitrogens is 1. The van der Waals surface area contributed by atoms with Crippen LogP contribution in [0.15, 0.2) is 78.7 Å². The van der Waals surface area contributed by atoms with Gasteiger partial charge in [0.05, 0.1) is 22.9 Å². The van der Waals surface area contributed by atoms with Gasteiger partial charge in [0.15, 0.2) is 11.5 Å². The summed E-state index contributed by atoms with van der Waals surface area (Å²) in [7, 11) is 0. The van der Waals surface area contributed by atoms with E-state index in [9.17, 15) is 10.1 Å². The Labute approximate surface area is 268 Å². The maximum atomic E-state index is 11.0. The maximum absolute atomic E-state index is 11.0. The number of nitro groups is 1. The number of piperazine rings is 1. The highest BCUT2D eigenvalue weighted by Crippen LogP contribution is 2.33. The second-order valence-corrected chi connectivity index (χ2v) is 13.5. The Balaban J connectivity index is 1.12. The summed E-state index contributed by atoms with van der Waals surface area (Å²) in [6.07, 6.45) is 0.